The predicted octanol–water partition coefficient (Wildman–Crippen LogP) is 4.45. The van der Waals surface area contributed by atoms with Gasteiger partial charge in [-0.05, 0) is 26.0 Å². The summed E-state index contributed by atoms with van der Waals surface area (Å²) in [6, 6.07) is 19.4. The maximum absolute atomic E-state index is 12.9. The zero-order valence-electron chi connectivity index (χ0n) is 18.5. The molecule has 0 unspecified atom stereocenters. The van der Waals surface area contributed by atoms with Crippen molar-refractivity contribution in [3.05, 3.63) is 66.2 Å². The number of ether oxygens (including phenoxy) is 2. The number of methoxy groups -OCH3 is 1. The summed E-state index contributed by atoms with van der Waals surface area (Å²) in [5, 5.41) is 7.70. The van der Waals surface area contributed by atoms with Gasteiger partial charge in [-0.2, -0.15) is 5.10 Å². The van der Waals surface area contributed by atoms with E-state index in [2.05, 4.69) is 5.32 Å². The minimum Gasteiger partial charge on any atom is -0.439 e. The average molecular weight is 423 g/mol. The molecule has 0 aliphatic heterocycles. The van der Waals surface area contributed by atoms with Crippen molar-refractivity contribution >= 4 is 6.03 Å². The second-order valence-electron chi connectivity index (χ2n) is 7.56. The number of benzene rings is 2. The van der Waals surface area contributed by atoms with Gasteiger partial charge in [0.1, 0.15) is 11.4 Å². The Labute approximate surface area is 183 Å². The van der Waals surface area contributed by atoms with Crippen LogP contribution in [0.25, 0.3) is 11.3 Å². The molecule has 1 aromatic heterocycles. The van der Waals surface area contributed by atoms with Gasteiger partial charge < -0.3 is 19.7 Å². The van der Waals surface area contributed by atoms with Crippen LogP contribution in [0.2, 0.25) is 0 Å². The number of carbonyl (C=O) groups is 1. The Morgan fingerprint density at radius 2 is 1.74 bits per heavy atom. The Balaban J connectivity index is 2.02. The Bertz CT molecular complexity index is 971. The molecule has 0 spiro atoms. The van der Waals surface area contributed by atoms with Crippen LogP contribution in [0.1, 0.15) is 19.4 Å². The third-order valence-corrected chi connectivity index (χ3v) is 4.71. The van der Waals surface area contributed by atoms with E-state index in [1.54, 1.807) is 16.7 Å². The van der Waals surface area contributed by atoms with Crippen LogP contribution in [-0.2, 0) is 18.3 Å². The Morgan fingerprint density at radius 3 is 2.35 bits per heavy atom. The van der Waals surface area contributed by atoms with Crippen LogP contribution in [0.5, 0.6) is 11.6 Å². The number of nitrogens with zero attached hydrogens (tertiary/aromatic N) is 3. The van der Waals surface area contributed by atoms with E-state index >= 15 is 0 Å². The first-order valence-electron chi connectivity index (χ1n) is 10.4. The van der Waals surface area contributed by atoms with E-state index in [1.165, 1.54) is 0 Å². The molecule has 3 aromatic rings. The highest BCUT2D eigenvalue weighted by Crippen LogP contribution is 2.34. The highest BCUT2D eigenvalue weighted by atomic mass is 16.5. The fourth-order valence-corrected chi connectivity index (χ4v) is 3.23. The van der Waals surface area contributed by atoms with Crippen LogP contribution in [-0.4, -0.2) is 47.0 Å². The van der Waals surface area contributed by atoms with Gasteiger partial charge in [-0.1, -0.05) is 48.5 Å². The summed E-state index contributed by atoms with van der Waals surface area (Å²) in [7, 11) is 3.48. The van der Waals surface area contributed by atoms with E-state index in [1.807, 2.05) is 81.6 Å². The minimum atomic E-state index is -0.152. The van der Waals surface area contributed by atoms with Gasteiger partial charge in [0.2, 0.25) is 5.88 Å². The van der Waals surface area contributed by atoms with Gasteiger partial charge in [-0.3, -0.25) is 0 Å². The first-order valence-corrected chi connectivity index (χ1v) is 10.4. The molecule has 1 N–H and O–H groups in total. The molecule has 0 bridgehead atoms. The molecule has 0 radical (unpaired) electrons. The lowest BCUT2D eigenvalue weighted by Gasteiger charge is -2.24. The zero-order valence-corrected chi connectivity index (χ0v) is 18.5. The largest absolute Gasteiger partial charge is 0.439 e. The monoisotopic (exact) mass is 422 g/mol. The Hall–Kier alpha value is -3.32. The lowest BCUT2D eigenvalue weighted by molar-refractivity contribution is 0.145. The third-order valence-electron chi connectivity index (χ3n) is 4.71. The second-order valence-corrected chi connectivity index (χ2v) is 7.56. The van der Waals surface area contributed by atoms with Gasteiger partial charge >= 0.3 is 6.03 Å². The van der Waals surface area contributed by atoms with Crippen LogP contribution in [0.4, 0.5) is 4.79 Å². The molecular weight excluding hydrogens is 392 g/mol. The molecule has 0 aliphatic rings. The summed E-state index contributed by atoms with van der Waals surface area (Å²) in [5.41, 5.74) is 2.59. The molecule has 31 heavy (non-hydrogen) atoms. The summed E-state index contributed by atoms with van der Waals surface area (Å²) in [5.74, 6) is 1.31. The third kappa shape index (κ3) is 5.86. The molecule has 0 fully saturated rings. The minimum absolute atomic E-state index is 0.0278. The highest BCUT2D eigenvalue weighted by Gasteiger charge is 2.24. The van der Waals surface area contributed by atoms with Crippen LogP contribution in [0, 0.1) is 0 Å². The number of nitrogens with one attached hydrogen (secondary N) is 1. The molecule has 0 aliphatic carbocycles. The van der Waals surface area contributed by atoms with Crippen molar-refractivity contribution in [2.75, 3.05) is 20.3 Å². The first kappa shape index (κ1) is 22.4. The van der Waals surface area contributed by atoms with E-state index in [0.717, 1.165) is 16.8 Å². The fourth-order valence-electron chi connectivity index (χ4n) is 3.23. The molecular formula is C24H30N4O3. The number of aryl methyl sites for hydroxylation is 1. The molecule has 0 atom stereocenters. The van der Waals surface area contributed by atoms with Gasteiger partial charge in [0.05, 0.1) is 18.7 Å². The molecule has 0 saturated carbocycles. The second kappa shape index (κ2) is 10.6. The van der Waals surface area contributed by atoms with Gasteiger partial charge in [0, 0.05) is 32.3 Å². The van der Waals surface area contributed by atoms with Crippen molar-refractivity contribution in [3.8, 4) is 22.9 Å². The van der Waals surface area contributed by atoms with E-state index in [-0.39, 0.29) is 12.1 Å². The topological polar surface area (TPSA) is 68.6 Å². The lowest BCUT2D eigenvalue weighted by atomic mass is 10.1. The summed E-state index contributed by atoms with van der Waals surface area (Å²) in [6.45, 7) is 5.10. The fraction of sp³-hybridized carbons (Fsp3) is 0.333. The maximum Gasteiger partial charge on any atom is 0.317 e. The molecule has 2 aromatic carbocycles. The molecule has 7 nitrogen and oxygen atoms in total. The Morgan fingerprint density at radius 1 is 1.10 bits per heavy atom. The van der Waals surface area contributed by atoms with Gasteiger partial charge in [-0.15, -0.1) is 0 Å². The maximum atomic E-state index is 12.9. The summed E-state index contributed by atoms with van der Waals surface area (Å²) in [4.78, 5) is 14.6. The van der Waals surface area contributed by atoms with Crippen LogP contribution in [0.15, 0.2) is 60.7 Å². The summed E-state index contributed by atoms with van der Waals surface area (Å²) in [6.07, 6.45) is 0. The van der Waals surface area contributed by atoms with Crippen molar-refractivity contribution in [2.24, 2.45) is 7.05 Å². The first-order chi connectivity index (χ1) is 15.0. The quantitative estimate of drug-likeness (QED) is 0.553. The van der Waals surface area contributed by atoms with E-state index in [9.17, 15) is 4.79 Å². The summed E-state index contributed by atoms with van der Waals surface area (Å²) >= 11 is 0. The van der Waals surface area contributed by atoms with Crippen molar-refractivity contribution in [1.82, 2.24) is 20.0 Å². The van der Waals surface area contributed by atoms with Crippen molar-refractivity contribution in [3.63, 3.8) is 0 Å². The Kier molecular flexibility index (Phi) is 7.67. The SMILES string of the molecule is COCCN(Cc1c(-c2ccccc2)nn(C)c1Oc1ccccc1)C(=O)NC(C)C. The van der Waals surface area contributed by atoms with Gasteiger partial charge in [-0.25, -0.2) is 9.48 Å². The van der Waals surface area contributed by atoms with Crippen molar-refractivity contribution in [1.29, 1.82) is 0 Å². The molecule has 164 valence electrons. The average Bonchev–Trinajstić information content (AvgIpc) is 3.07. The number of hydrogen-bond donors (Lipinski definition) is 1. The molecule has 3 rings (SSSR count). The van der Waals surface area contributed by atoms with Crippen LogP contribution < -0.4 is 10.1 Å². The number of carbonyl (C=O) groups excluding carboxylic acids is 1. The summed E-state index contributed by atoms with van der Waals surface area (Å²) < 4.78 is 13.2. The number of amides is 2. The molecule has 2 amide bonds. The van der Waals surface area contributed by atoms with E-state index in [0.29, 0.717) is 31.3 Å². The van der Waals surface area contributed by atoms with Crippen molar-refractivity contribution in [2.45, 2.75) is 26.4 Å². The number of aromatic nitrogens is 2. The number of urea groups is 1. The van der Waals surface area contributed by atoms with Crippen LogP contribution >= 0.6 is 0 Å². The number of rotatable bonds is 9. The predicted molar refractivity (Wildman–Crippen MR) is 121 cm³/mol. The van der Waals surface area contributed by atoms with Gasteiger partial charge in [0.25, 0.3) is 0 Å². The van der Waals surface area contributed by atoms with Crippen LogP contribution in [0.3, 0.4) is 0 Å². The van der Waals surface area contributed by atoms with E-state index in [4.69, 9.17) is 14.6 Å². The highest BCUT2D eigenvalue weighted by molar-refractivity contribution is 5.75. The number of para-hydroxylation sites is 1. The normalized spacial score (nSPS) is 10.9. The van der Waals surface area contributed by atoms with Gasteiger partial charge in [0.15, 0.2) is 0 Å². The zero-order chi connectivity index (χ0) is 22.2. The molecule has 7 heteroatoms. The molecule has 0 saturated heterocycles. The smallest absolute Gasteiger partial charge is 0.317 e. The standard InChI is InChI=1S/C24H30N4O3/c1-18(2)25-24(29)28(15-16-30-4)17-21-22(19-11-7-5-8-12-19)26-27(3)23(21)31-20-13-9-6-10-14-20/h5-14,18H,15-17H2,1-4H3,(H,25,29). The van der Waals surface area contributed by atoms with Crippen molar-refractivity contribution < 1.29 is 14.3 Å². The molecule has 1 heterocycles. The lowest BCUT2D eigenvalue weighted by Crippen LogP contribution is -2.44. The number of hydrogen-bond acceptors (Lipinski definition) is 4. The van der Waals surface area contributed by atoms with E-state index < -0.39 is 0 Å².